The zero-order chi connectivity index (χ0) is 20.1. The Kier molecular flexibility index (Phi) is 5.56. The van der Waals surface area contributed by atoms with Gasteiger partial charge in [0, 0.05) is 36.8 Å². The van der Waals surface area contributed by atoms with Crippen LogP contribution in [0.1, 0.15) is 23.7 Å². The topological polar surface area (TPSA) is 69.8 Å². The largest absolute Gasteiger partial charge is 0.494 e. The second-order valence-electron chi connectivity index (χ2n) is 6.73. The summed E-state index contributed by atoms with van der Waals surface area (Å²) in [6, 6.07) is 14.1. The van der Waals surface area contributed by atoms with Crippen LogP contribution in [0.4, 0.5) is 5.82 Å². The minimum Gasteiger partial charge on any atom is -0.494 e. The lowest BCUT2D eigenvalue weighted by Crippen LogP contribution is -2.08. The second-order valence-corrected chi connectivity index (χ2v) is 6.73. The van der Waals surface area contributed by atoms with Gasteiger partial charge in [0.15, 0.2) is 5.82 Å². The molecule has 0 aliphatic heterocycles. The molecule has 1 aromatic carbocycles. The van der Waals surface area contributed by atoms with Gasteiger partial charge in [-0.25, -0.2) is 9.97 Å². The van der Waals surface area contributed by atoms with Crippen LogP contribution in [0.15, 0.2) is 67.4 Å². The van der Waals surface area contributed by atoms with E-state index < -0.39 is 0 Å². The average Bonchev–Trinajstić information content (AvgIpc) is 3.38. The monoisotopic (exact) mass is 388 g/mol. The van der Waals surface area contributed by atoms with Gasteiger partial charge >= 0.3 is 0 Å². The van der Waals surface area contributed by atoms with Gasteiger partial charge in [-0.2, -0.15) is 9.78 Å². The number of nitrogens with zero attached hydrogens (tertiary/aromatic N) is 5. The van der Waals surface area contributed by atoms with Gasteiger partial charge in [0.25, 0.3) is 0 Å². The van der Waals surface area contributed by atoms with E-state index in [0.29, 0.717) is 19.7 Å². The van der Waals surface area contributed by atoms with Gasteiger partial charge in [0.2, 0.25) is 0 Å². The zero-order valence-electron chi connectivity index (χ0n) is 16.6. The molecule has 0 unspecified atom stereocenters. The third-order valence-corrected chi connectivity index (χ3v) is 4.51. The smallest absolute Gasteiger partial charge is 0.155 e. The Morgan fingerprint density at radius 2 is 2.03 bits per heavy atom. The van der Waals surface area contributed by atoms with E-state index in [4.69, 9.17) is 4.74 Å². The number of aryl methyl sites for hydroxylation is 1. The molecule has 148 valence electrons. The lowest BCUT2D eigenvalue weighted by atomic mass is 10.1. The number of hydrogen-bond acceptors (Lipinski definition) is 5. The van der Waals surface area contributed by atoms with Crippen molar-refractivity contribution >= 4 is 5.82 Å². The summed E-state index contributed by atoms with van der Waals surface area (Å²) in [7, 11) is 0. The number of rotatable bonds is 8. The Balaban J connectivity index is 1.54. The first-order valence-electron chi connectivity index (χ1n) is 9.65. The molecule has 3 heterocycles. The van der Waals surface area contributed by atoms with Crippen LogP contribution in [0.25, 0.3) is 5.82 Å². The SMILES string of the molecule is CCOc1ccc(CNc2cc(C)nn2-c2ccccn2)cc1Cn1ccnc1. The summed E-state index contributed by atoms with van der Waals surface area (Å²) in [5.41, 5.74) is 3.22. The number of nitrogens with one attached hydrogen (secondary N) is 1. The van der Waals surface area contributed by atoms with Crippen molar-refractivity contribution in [3.8, 4) is 11.6 Å². The lowest BCUT2D eigenvalue weighted by Gasteiger charge is -2.14. The lowest BCUT2D eigenvalue weighted by molar-refractivity contribution is 0.335. The molecular formula is C22H24N6O. The van der Waals surface area contributed by atoms with Crippen LogP contribution in [0.3, 0.4) is 0 Å². The molecule has 0 bridgehead atoms. The van der Waals surface area contributed by atoms with Crippen molar-refractivity contribution < 1.29 is 4.74 Å². The maximum absolute atomic E-state index is 5.81. The zero-order valence-corrected chi connectivity index (χ0v) is 16.6. The van der Waals surface area contributed by atoms with Crippen LogP contribution < -0.4 is 10.1 Å². The van der Waals surface area contributed by atoms with Crippen LogP contribution >= 0.6 is 0 Å². The van der Waals surface area contributed by atoms with E-state index in [1.54, 1.807) is 12.4 Å². The first-order chi connectivity index (χ1) is 14.2. The fourth-order valence-corrected chi connectivity index (χ4v) is 3.21. The fourth-order valence-electron chi connectivity index (χ4n) is 3.21. The van der Waals surface area contributed by atoms with Crippen molar-refractivity contribution in [2.24, 2.45) is 0 Å². The van der Waals surface area contributed by atoms with Gasteiger partial charge in [-0.3, -0.25) is 0 Å². The second kappa shape index (κ2) is 8.60. The summed E-state index contributed by atoms with van der Waals surface area (Å²) < 4.78 is 9.67. The molecule has 4 aromatic rings. The molecule has 0 atom stereocenters. The summed E-state index contributed by atoms with van der Waals surface area (Å²) in [6.45, 7) is 5.99. The van der Waals surface area contributed by atoms with Crippen molar-refractivity contribution in [1.29, 1.82) is 0 Å². The summed E-state index contributed by atoms with van der Waals surface area (Å²) in [5.74, 6) is 2.60. The number of pyridine rings is 1. The highest BCUT2D eigenvalue weighted by Gasteiger charge is 2.10. The first-order valence-corrected chi connectivity index (χ1v) is 9.65. The van der Waals surface area contributed by atoms with Crippen molar-refractivity contribution in [3.63, 3.8) is 0 Å². The molecule has 4 rings (SSSR count). The minimum absolute atomic E-state index is 0.636. The van der Waals surface area contributed by atoms with E-state index in [9.17, 15) is 0 Å². The third-order valence-electron chi connectivity index (χ3n) is 4.51. The molecule has 7 heteroatoms. The highest BCUT2D eigenvalue weighted by atomic mass is 16.5. The van der Waals surface area contributed by atoms with Gasteiger partial charge in [-0.05, 0) is 43.7 Å². The maximum Gasteiger partial charge on any atom is 0.155 e. The molecule has 0 fully saturated rings. The predicted molar refractivity (Wildman–Crippen MR) is 112 cm³/mol. The molecule has 0 aliphatic carbocycles. The van der Waals surface area contributed by atoms with Crippen molar-refractivity contribution in [2.45, 2.75) is 26.9 Å². The summed E-state index contributed by atoms with van der Waals surface area (Å²) >= 11 is 0. The first kappa shape index (κ1) is 18.7. The van der Waals surface area contributed by atoms with Crippen LogP contribution in [0.2, 0.25) is 0 Å². The average molecular weight is 388 g/mol. The Labute approximate surface area is 170 Å². The molecule has 3 aromatic heterocycles. The van der Waals surface area contributed by atoms with Gasteiger partial charge < -0.3 is 14.6 Å². The highest BCUT2D eigenvalue weighted by molar-refractivity contribution is 5.45. The quantitative estimate of drug-likeness (QED) is 0.497. The molecule has 0 radical (unpaired) electrons. The normalized spacial score (nSPS) is 10.8. The molecule has 0 amide bonds. The van der Waals surface area contributed by atoms with Gasteiger partial charge in [-0.1, -0.05) is 12.1 Å². The van der Waals surface area contributed by atoms with E-state index in [1.165, 1.54) is 0 Å². The summed E-state index contributed by atoms with van der Waals surface area (Å²) in [5, 5.41) is 8.05. The Hall–Kier alpha value is -3.61. The van der Waals surface area contributed by atoms with Gasteiger partial charge in [0.1, 0.15) is 11.6 Å². The number of imidazole rings is 1. The Bertz CT molecular complexity index is 1060. The Morgan fingerprint density at radius 1 is 1.10 bits per heavy atom. The number of benzene rings is 1. The van der Waals surface area contributed by atoms with Crippen LogP contribution in [0.5, 0.6) is 5.75 Å². The van der Waals surface area contributed by atoms with Gasteiger partial charge in [0.05, 0.1) is 25.2 Å². The van der Waals surface area contributed by atoms with Crippen LogP contribution in [0, 0.1) is 6.92 Å². The fraction of sp³-hybridized carbons (Fsp3) is 0.227. The minimum atomic E-state index is 0.636. The molecule has 29 heavy (non-hydrogen) atoms. The standard InChI is InChI=1S/C22H24N6O/c1-3-29-20-8-7-18(13-19(20)15-27-11-10-23-16-27)14-25-22-12-17(2)26-28(22)21-6-4-5-9-24-21/h4-13,16,25H,3,14-15H2,1-2H3. The summed E-state index contributed by atoms with van der Waals surface area (Å²) in [6.07, 6.45) is 7.32. The number of anilines is 1. The van der Waals surface area contributed by atoms with E-state index in [1.807, 2.05) is 66.0 Å². The van der Waals surface area contributed by atoms with Crippen molar-refractivity contribution in [2.75, 3.05) is 11.9 Å². The van der Waals surface area contributed by atoms with E-state index >= 15 is 0 Å². The van der Waals surface area contributed by atoms with E-state index in [2.05, 4.69) is 32.5 Å². The van der Waals surface area contributed by atoms with E-state index in [-0.39, 0.29) is 0 Å². The molecule has 0 aliphatic rings. The number of aromatic nitrogens is 5. The highest BCUT2D eigenvalue weighted by Crippen LogP contribution is 2.23. The number of ether oxygens (including phenoxy) is 1. The van der Waals surface area contributed by atoms with E-state index in [0.717, 1.165) is 34.2 Å². The molecule has 0 saturated heterocycles. The molecule has 0 saturated carbocycles. The molecule has 1 N–H and O–H groups in total. The molecule has 7 nitrogen and oxygen atoms in total. The molecular weight excluding hydrogens is 364 g/mol. The van der Waals surface area contributed by atoms with Crippen molar-refractivity contribution in [1.82, 2.24) is 24.3 Å². The summed E-state index contributed by atoms with van der Waals surface area (Å²) in [4.78, 5) is 8.53. The predicted octanol–water partition coefficient (Wildman–Crippen LogP) is 3.83. The van der Waals surface area contributed by atoms with Crippen LogP contribution in [-0.2, 0) is 13.1 Å². The third kappa shape index (κ3) is 4.45. The number of hydrogen-bond donors (Lipinski definition) is 1. The molecule has 0 spiro atoms. The Morgan fingerprint density at radius 3 is 2.79 bits per heavy atom. The van der Waals surface area contributed by atoms with Crippen molar-refractivity contribution in [3.05, 3.63) is 84.2 Å². The van der Waals surface area contributed by atoms with Crippen LogP contribution in [-0.4, -0.2) is 30.9 Å². The van der Waals surface area contributed by atoms with Gasteiger partial charge in [-0.15, -0.1) is 0 Å². The maximum atomic E-state index is 5.81.